The Balaban J connectivity index is 1.47. The third-order valence-electron chi connectivity index (χ3n) is 4.13. The van der Waals surface area contributed by atoms with Crippen LogP contribution in [0, 0.1) is 0 Å². The molecule has 0 unspecified atom stereocenters. The van der Waals surface area contributed by atoms with Crippen LogP contribution in [-0.4, -0.2) is 18.9 Å². The largest absolute Gasteiger partial charge is 0.468 e. The lowest BCUT2D eigenvalue weighted by molar-refractivity contribution is -0.0496. The zero-order valence-electron chi connectivity index (χ0n) is 13.6. The molecule has 0 bridgehead atoms. The van der Waals surface area contributed by atoms with Crippen LogP contribution in [-0.2, 0) is 4.74 Å². The topological polar surface area (TPSA) is 44.8 Å². The number of rotatable bonds is 6. The molecule has 0 amide bonds. The second-order valence-corrected chi connectivity index (χ2v) is 5.92. The molecule has 24 heavy (non-hydrogen) atoms. The van der Waals surface area contributed by atoms with Crippen molar-refractivity contribution >= 4 is 5.97 Å². The molecule has 2 aromatic carbocycles. The molecule has 126 valence electrons. The first-order chi connectivity index (χ1) is 11.8. The molecule has 0 heterocycles. The highest BCUT2D eigenvalue weighted by Crippen LogP contribution is 2.21. The molecule has 0 radical (unpaired) electrons. The Morgan fingerprint density at radius 2 is 1.58 bits per heavy atom. The molecular formula is C20H22O4. The minimum Gasteiger partial charge on any atom is -0.468 e. The van der Waals surface area contributed by atoms with Crippen LogP contribution >= 0.6 is 0 Å². The molecule has 1 fully saturated rings. The van der Waals surface area contributed by atoms with Gasteiger partial charge < -0.3 is 14.2 Å². The van der Waals surface area contributed by atoms with Gasteiger partial charge in [0, 0.05) is 0 Å². The number of para-hydroxylation sites is 1. The van der Waals surface area contributed by atoms with E-state index in [1.54, 1.807) is 36.4 Å². The molecule has 2 aromatic rings. The molecular weight excluding hydrogens is 304 g/mol. The van der Waals surface area contributed by atoms with Gasteiger partial charge in [-0.25, -0.2) is 4.79 Å². The van der Waals surface area contributed by atoms with Gasteiger partial charge >= 0.3 is 5.97 Å². The molecule has 0 spiro atoms. The number of carbonyl (C=O) groups is 1. The highest BCUT2D eigenvalue weighted by Gasteiger charge is 2.13. The van der Waals surface area contributed by atoms with E-state index in [0.29, 0.717) is 23.2 Å². The monoisotopic (exact) mass is 326 g/mol. The first-order valence-electron chi connectivity index (χ1n) is 8.43. The van der Waals surface area contributed by atoms with Crippen LogP contribution < -0.4 is 9.47 Å². The average Bonchev–Trinajstić information content (AvgIpc) is 2.64. The second kappa shape index (κ2) is 8.50. The summed E-state index contributed by atoms with van der Waals surface area (Å²) in [6.07, 6.45) is 6.34. The van der Waals surface area contributed by atoms with E-state index >= 15 is 0 Å². The van der Waals surface area contributed by atoms with E-state index in [1.807, 2.05) is 18.2 Å². The minimum atomic E-state index is -0.383. The summed E-state index contributed by atoms with van der Waals surface area (Å²) < 4.78 is 16.6. The minimum absolute atomic E-state index is 0.248. The van der Waals surface area contributed by atoms with E-state index in [2.05, 4.69) is 0 Å². The van der Waals surface area contributed by atoms with Crippen LogP contribution in [0.4, 0.5) is 0 Å². The van der Waals surface area contributed by atoms with Gasteiger partial charge in [-0.1, -0.05) is 37.5 Å². The van der Waals surface area contributed by atoms with Gasteiger partial charge in [-0.15, -0.1) is 0 Å². The molecule has 4 nitrogen and oxygen atoms in total. The number of hydrogen-bond donors (Lipinski definition) is 0. The smallest absolute Gasteiger partial charge is 0.343 e. The second-order valence-electron chi connectivity index (χ2n) is 5.92. The maximum absolute atomic E-state index is 12.1. The standard InChI is InChI=1S/C20H22O4/c21-20(24-19-9-5-2-6-10-19)16-11-13-18(14-12-16)23-15-22-17-7-3-1-4-8-17/h2,5-6,9-14,17H,1,3-4,7-8,15H2. The van der Waals surface area contributed by atoms with Crippen molar-refractivity contribution in [1.29, 1.82) is 0 Å². The van der Waals surface area contributed by atoms with Crippen LogP contribution in [0.3, 0.4) is 0 Å². The molecule has 1 aliphatic rings. The van der Waals surface area contributed by atoms with Crippen LogP contribution in [0.1, 0.15) is 42.5 Å². The number of ether oxygens (including phenoxy) is 3. The molecule has 0 aromatic heterocycles. The molecule has 1 saturated carbocycles. The van der Waals surface area contributed by atoms with Gasteiger partial charge in [0.1, 0.15) is 11.5 Å². The first-order valence-corrected chi connectivity index (χ1v) is 8.43. The van der Waals surface area contributed by atoms with Crippen LogP contribution in [0.15, 0.2) is 54.6 Å². The van der Waals surface area contributed by atoms with Gasteiger partial charge in [-0.3, -0.25) is 0 Å². The lowest BCUT2D eigenvalue weighted by Crippen LogP contribution is -2.19. The number of hydrogen-bond acceptors (Lipinski definition) is 4. The van der Waals surface area contributed by atoms with Crippen molar-refractivity contribution in [3.8, 4) is 11.5 Å². The van der Waals surface area contributed by atoms with E-state index < -0.39 is 0 Å². The molecule has 1 aliphatic carbocycles. The Kier molecular flexibility index (Phi) is 5.85. The Bertz CT molecular complexity index is 630. The fourth-order valence-corrected chi connectivity index (χ4v) is 2.77. The van der Waals surface area contributed by atoms with Gasteiger partial charge in [-0.05, 0) is 49.2 Å². The van der Waals surface area contributed by atoms with Crippen LogP contribution in [0.5, 0.6) is 11.5 Å². The van der Waals surface area contributed by atoms with Crippen molar-refractivity contribution in [1.82, 2.24) is 0 Å². The first kappa shape index (κ1) is 16.5. The maximum Gasteiger partial charge on any atom is 0.343 e. The predicted octanol–water partition coefficient (Wildman–Crippen LogP) is 4.59. The highest BCUT2D eigenvalue weighted by atomic mass is 16.7. The Hall–Kier alpha value is -2.33. The zero-order valence-corrected chi connectivity index (χ0v) is 13.6. The van der Waals surface area contributed by atoms with Crippen LogP contribution in [0.2, 0.25) is 0 Å². The molecule has 0 saturated heterocycles. The number of carbonyl (C=O) groups excluding carboxylic acids is 1. The Morgan fingerprint density at radius 3 is 2.29 bits per heavy atom. The Labute approximate surface area is 142 Å². The van der Waals surface area contributed by atoms with E-state index in [1.165, 1.54) is 19.3 Å². The SMILES string of the molecule is O=C(Oc1ccccc1)c1ccc(OCOC2CCCCC2)cc1. The molecule has 0 aliphatic heterocycles. The molecule has 0 atom stereocenters. The van der Waals surface area contributed by atoms with Gasteiger partial charge in [0.15, 0.2) is 6.79 Å². The average molecular weight is 326 g/mol. The number of benzene rings is 2. The summed E-state index contributed by atoms with van der Waals surface area (Å²) in [7, 11) is 0. The summed E-state index contributed by atoms with van der Waals surface area (Å²) in [4.78, 5) is 12.1. The Morgan fingerprint density at radius 1 is 0.875 bits per heavy atom. The maximum atomic E-state index is 12.1. The van der Waals surface area contributed by atoms with Crippen molar-refractivity contribution in [2.24, 2.45) is 0 Å². The highest BCUT2D eigenvalue weighted by molar-refractivity contribution is 5.91. The summed E-state index contributed by atoms with van der Waals surface area (Å²) in [6.45, 7) is 0.248. The lowest BCUT2D eigenvalue weighted by Gasteiger charge is -2.21. The van der Waals surface area contributed by atoms with E-state index in [4.69, 9.17) is 14.2 Å². The molecule has 3 rings (SSSR count). The summed E-state index contributed by atoms with van der Waals surface area (Å²) in [5, 5.41) is 0. The fourth-order valence-electron chi connectivity index (χ4n) is 2.77. The van der Waals surface area contributed by atoms with E-state index in [-0.39, 0.29) is 12.8 Å². The summed E-state index contributed by atoms with van der Waals surface area (Å²) in [6, 6.07) is 15.9. The van der Waals surface area contributed by atoms with Crippen molar-refractivity contribution < 1.29 is 19.0 Å². The normalized spacial score (nSPS) is 15.0. The fraction of sp³-hybridized carbons (Fsp3) is 0.350. The predicted molar refractivity (Wildman–Crippen MR) is 91.3 cm³/mol. The van der Waals surface area contributed by atoms with Crippen molar-refractivity contribution in [2.75, 3.05) is 6.79 Å². The summed E-state index contributed by atoms with van der Waals surface area (Å²) >= 11 is 0. The van der Waals surface area contributed by atoms with E-state index in [9.17, 15) is 4.79 Å². The van der Waals surface area contributed by atoms with E-state index in [0.717, 1.165) is 12.8 Å². The number of esters is 1. The van der Waals surface area contributed by atoms with Gasteiger partial charge in [-0.2, -0.15) is 0 Å². The van der Waals surface area contributed by atoms with Gasteiger partial charge in [0.05, 0.1) is 11.7 Å². The van der Waals surface area contributed by atoms with Crippen LogP contribution in [0.25, 0.3) is 0 Å². The van der Waals surface area contributed by atoms with Crippen molar-refractivity contribution in [2.45, 2.75) is 38.2 Å². The van der Waals surface area contributed by atoms with Gasteiger partial charge in [0.25, 0.3) is 0 Å². The zero-order chi connectivity index (χ0) is 16.6. The molecule has 4 heteroatoms. The third kappa shape index (κ3) is 4.83. The van der Waals surface area contributed by atoms with Crippen molar-refractivity contribution in [3.05, 3.63) is 60.2 Å². The molecule has 0 N–H and O–H groups in total. The third-order valence-corrected chi connectivity index (χ3v) is 4.13. The summed E-state index contributed by atoms with van der Waals surface area (Å²) in [5.74, 6) is 0.831. The quantitative estimate of drug-likeness (QED) is 0.442. The van der Waals surface area contributed by atoms with Gasteiger partial charge in [0.2, 0.25) is 0 Å². The van der Waals surface area contributed by atoms with Crippen molar-refractivity contribution in [3.63, 3.8) is 0 Å². The summed E-state index contributed by atoms with van der Waals surface area (Å²) in [5.41, 5.74) is 0.486. The lowest BCUT2D eigenvalue weighted by atomic mass is 9.98.